The molecule has 0 saturated carbocycles. The molecule has 0 fully saturated rings. The van der Waals surface area contributed by atoms with E-state index in [2.05, 4.69) is 26.0 Å². The van der Waals surface area contributed by atoms with E-state index in [9.17, 15) is 13.2 Å². The molecule has 0 bridgehead atoms. The molecule has 1 N–H and O–H groups in total. The zero-order chi connectivity index (χ0) is 15.3. The van der Waals surface area contributed by atoms with Gasteiger partial charge >= 0.3 is 6.36 Å². The molecule has 0 saturated heterocycles. The molecular formula is C12H15BrF3NO3. The minimum atomic E-state index is -4.76. The fraction of sp³-hybridized carbons (Fsp3) is 0.500. The topological polar surface area (TPSA) is 39.7 Å². The largest absolute Gasteiger partial charge is 0.573 e. The summed E-state index contributed by atoms with van der Waals surface area (Å²) in [5, 5.41) is 2.87. The van der Waals surface area contributed by atoms with E-state index in [-0.39, 0.29) is 17.5 Å². The minimum absolute atomic E-state index is 0.192. The lowest BCUT2D eigenvalue weighted by Crippen LogP contribution is -2.34. The fourth-order valence-corrected chi connectivity index (χ4v) is 1.98. The van der Waals surface area contributed by atoms with Gasteiger partial charge in [-0.25, -0.2) is 0 Å². The van der Waals surface area contributed by atoms with Crippen molar-refractivity contribution in [2.45, 2.75) is 25.6 Å². The van der Waals surface area contributed by atoms with E-state index in [1.54, 1.807) is 13.0 Å². The molecule has 0 aliphatic heterocycles. The van der Waals surface area contributed by atoms with Gasteiger partial charge in [0, 0.05) is 18.7 Å². The molecule has 0 aliphatic rings. The summed E-state index contributed by atoms with van der Waals surface area (Å²) in [6.45, 7) is 1.72. The van der Waals surface area contributed by atoms with Crippen molar-refractivity contribution in [3.05, 3.63) is 22.7 Å². The SMILES string of the molecule is COC(OC)C(C)Nc1ccc(Br)cc1OC(F)(F)F. The Morgan fingerprint density at radius 2 is 1.80 bits per heavy atom. The Kier molecular flexibility index (Phi) is 6.09. The van der Waals surface area contributed by atoms with Gasteiger partial charge < -0.3 is 19.5 Å². The summed E-state index contributed by atoms with van der Waals surface area (Å²) in [6, 6.07) is 3.94. The fourth-order valence-electron chi connectivity index (χ4n) is 1.64. The minimum Gasteiger partial charge on any atom is -0.404 e. The molecule has 0 aliphatic carbocycles. The highest BCUT2D eigenvalue weighted by Crippen LogP contribution is 2.33. The number of ether oxygens (including phenoxy) is 3. The van der Waals surface area contributed by atoms with Gasteiger partial charge in [-0.05, 0) is 25.1 Å². The van der Waals surface area contributed by atoms with E-state index >= 15 is 0 Å². The second-order valence-corrected chi connectivity index (χ2v) is 4.88. The van der Waals surface area contributed by atoms with Crippen LogP contribution in [-0.4, -0.2) is 32.9 Å². The summed E-state index contributed by atoms with van der Waals surface area (Å²) in [5.41, 5.74) is 0.192. The number of nitrogens with one attached hydrogen (secondary N) is 1. The third kappa shape index (κ3) is 5.18. The van der Waals surface area contributed by atoms with Gasteiger partial charge in [0.1, 0.15) is 0 Å². The Hall–Kier alpha value is -0.990. The highest BCUT2D eigenvalue weighted by atomic mass is 79.9. The van der Waals surface area contributed by atoms with Crippen molar-refractivity contribution in [2.75, 3.05) is 19.5 Å². The Bertz CT molecular complexity index is 438. The van der Waals surface area contributed by atoms with Gasteiger partial charge in [-0.2, -0.15) is 0 Å². The van der Waals surface area contributed by atoms with Crippen LogP contribution in [0.4, 0.5) is 18.9 Å². The van der Waals surface area contributed by atoms with Crippen LogP contribution in [0.3, 0.4) is 0 Å². The van der Waals surface area contributed by atoms with Crippen molar-refractivity contribution >= 4 is 21.6 Å². The van der Waals surface area contributed by atoms with Crippen molar-refractivity contribution < 1.29 is 27.4 Å². The molecular weight excluding hydrogens is 343 g/mol. The Morgan fingerprint density at radius 3 is 2.30 bits per heavy atom. The van der Waals surface area contributed by atoms with Crippen LogP contribution in [0, 0.1) is 0 Å². The van der Waals surface area contributed by atoms with Crippen LogP contribution < -0.4 is 10.1 Å². The monoisotopic (exact) mass is 357 g/mol. The van der Waals surface area contributed by atoms with E-state index in [0.717, 1.165) is 0 Å². The molecule has 0 aromatic heterocycles. The van der Waals surface area contributed by atoms with Gasteiger partial charge in [0.15, 0.2) is 12.0 Å². The normalized spacial score (nSPS) is 13.4. The lowest BCUT2D eigenvalue weighted by Gasteiger charge is -2.24. The van der Waals surface area contributed by atoms with Crippen LogP contribution in [0.5, 0.6) is 5.75 Å². The molecule has 0 heterocycles. The highest BCUT2D eigenvalue weighted by molar-refractivity contribution is 9.10. The molecule has 8 heteroatoms. The number of alkyl halides is 3. The second kappa shape index (κ2) is 7.14. The number of hydrogen-bond acceptors (Lipinski definition) is 4. The Balaban J connectivity index is 2.94. The van der Waals surface area contributed by atoms with Crippen molar-refractivity contribution in [3.8, 4) is 5.75 Å². The quantitative estimate of drug-likeness (QED) is 0.786. The molecule has 1 rings (SSSR count). The summed E-state index contributed by atoms with van der Waals surface area (Å²) in [6.07, 6.45) is -5.36. The lowest BCUT2D eigenvalue weighted by atomic mass is 10.2. The van der Waals surface area contributed by atoms with Gasteiger partial charge in [-0.15, -0.1) is 13.2 Å². The van der Waals surface area contributed by atoms with Crippen LogP contribution >= 0.6 is 15.9 Å². The molecule has 1 atom stereocenters. The predicted molar refractivity (Wildman–Crippen MR) is 71.7 cm³/mol. The van der Waals surface area contributed by atoms with E-state index in [1.165, 1.54) is 26.4 Å². The van der Waals surface area contributed by atoms with Gasteiger partial charge in [0.25, 0.3) is 0 Å². The summed E-state index contributed by atoms with van der Waals surface area (Å²) < 4.78 is 51.6. The summed E-state index contributed by atoms with van der Waals surface area (Å²) in [7, 11) is 2.89. The van der Waals surface area contributed by atoms with Gasteiger partial charge in [-0.1, -0.05) is 15.9 Å². The number of halogens is 4. The summed E-state index contributed by atoms with van der Waals surface area (Å²) >= 11 is 3.10. The molecule has 1 unspecified atom stereocenters. The first-order chi connectivity index (χ1) is 9.26. The van der Waals surface area contributed by atoms with Crippen LogP contribution in [-0.2, 0) is 9.47 Å². The van der Waals surface area contributed by atoms with Crippen molar-refractivity contribution in [2.24, 2.45) is 0 Å². The first kappa shape index (κ1) is 17.1. The number of methoxy groups -OCH3 is 2. The standard InChI is InChI=1S/C12H15BrF3NO3/c1-7(11(18-2)19-3)17-9-5-4-8(13)6-10(9)20-12(14,15)16/h4-7,11,17H,1-3H3. The molecule has 20 heavy (non-hydrogen) atoms. The molecule has 114 valence electrons. The lowest BCUT2D eigenvalue weighted by molar-refractivity contribution is -0.274. The smallest absolute Gasteiger partial charge is 0.404 e. The number of anilines is 1. The zero-order valence-corrected chi connectivity index (χ0v) is 12.7. The highest BCUT2D eigenvalue weighted by Gasteiger charge is 2.32. The molecule has 0 amide bonds. The van der Waals surface area contributed by atoms with Gasteiger partial charge in [0.2, 0.25) is 0 Å². The maximum absolute atomic E-state index is 12.4. The molecule has 1 aromatic carbocycles. The Labute approximate surface area is 123 Å². The molecule has 4 nitrogen and oxygen atoms in total. The van der Waals surface area contributed by atoms with Crippen molar-refractivity contribution in [1.82, 2.24) is 0 Å². The van der Waals surface area contributed by atoms with Crippen LogP contribution in [0.15, 0.2) is 22.7 Å². The first-order valence-corrected chi connectivity index (χ1v) is 6.43. The van der Waals surface area contributed by atoms with Gasteiger partial charge in [-0.3, -0.25) is 0 Å². The summed E-state index contributed by atoms with van der Waals surface area (Å²) in [5.74, 6) is -0.329. The van der Waals surface area contributed by atoms with Crippen LogP contribution in [0.1, 0.15) is 6.92 Å². The maximum atomic E-state index is 12.4. The number of hydrogen-bond donors (Lipinski definition) is 1. The molecule has 0 radical (unpaired) electrons. The number of benzene rings is 1. The maximum Gasteiger partial charge on any atom is 0.573 e. The molecule has 1 aromatic rings. The average Bonchev–Trinajstić information content (AvgIpc) is 2.32. The first-order valence-electron chi connectivity index (χ1n) is 5.64. The van der Waals surface area contributed by atoms with Crippen LogP contribution in [0.25, 0.3) is 0 Å². The van der Waals surface area contributed by atoms with Crippen LogP contribution in [0.2, 0.25) is 0 Å². The van der Waals surface area contributed by atoms with Crippen molar-refractivity contribution in [1.29, 1.82) is 0 Å². The second-order valence-electron chi connectivity index (χ2n) is 3.96. The predicted octanol–water partition coefficient (Wildman–Crippen LogP) is 3.77. The zero-order valence-electron chi connectivity index (χ0n) is 11.1. The third-order valence-corrected chi connectivity index (χ3v) is 2.92. The number of rotatable bonds is 6. The third-order valence-electron chi connectivity index (χ3n) is 2.43. The van der Waals surface area contributed by atoms with Crippen molar-refractivity contribution in [3.63, 3.8) is 0 Å². The molecule has 0 spiro atoms. The van der Waals surface area contributed by atoms with E-state index in [4.69, 9.17) is 9.47 Å². The van der Waals surface area contributed by atoms with Gasteiger partial charge in [0.05, 0.1) is 11.7 Å². The summed E-state index contributed by atoms with van der Waals surface area (Å²) in [4.78, 5) is 0. The van der Waals surface area contributed by atoms with E-state index < -0.39 is 12.7 Å². The van der Waals surface area contributed by atoms with E-state index in [0.29, 0.717) is 4.47 Å². The Morgan fingerprint density at radius 1 is 1.20 bits per heavy atom. The average molecular weight is 358 g/mol. The van der Waals surface area contributed by atoms with E-state index in [1.807, 2.05) is 0 Å².